The highest BCUT2D eigenvalue weighted by molar-refractivity contribution is 6.00. The number of ketones is 1. The van der Waals surface area contributed by atoms with Crippen molar-refractivity contribution in [2.24, 2.45) is 7.05 Å². The van der Waals surface area contributed by atoms with E-state index in [9.17, 15) is 18.4 Å². The molecule has 0 amide bonds. The Morgan fingerprint density at radius 1 is 1.26 bits per heavy atom. The number of anilines is 1. The van der Waals surface area contributed by atoms with Gasteiger partial charge in [0.2, 0.25) is 5.78 Å². The summed E-state index contributed by atoms with van der Waals surface area (Å²) in [6.07, 6.45) is 0.457. The maximum Gasteiger partial charge on any atom is 0.344 e. The molecule has 2 aromatic rings. The SMILES string of the molecule is CCc1nn(C)c(N)c1C(=O)OCC(=O)c1cc(F)cc(F)c1. The highest BCUT2D eigenvalue weighted by Gasteiger charge is 2.22. The van der Waals surface area contributed by atoms with Gasteiger partial charge in [-0.15, -0.1) is 0 Å². The molecular weight excluding hydrogens is 308 g/mol. The Labute approximate surface area is 130 Å². The van der Waals surface area contributed by atoms with Crippen LogP contribution in [0.15, 0.2) is 18.2 Å². The summed E-state index contributed by atoms with van der Waals surface area (Å²) in [5, 5.41) is 4.06. The average Bonchev–Trinajstić information content (AvgIpc) is 2.78. The summed E-state index contributed by atoms with van der Waals surface area (Å²) in [4.78, 5) is 23.9. The van der Waals surface area contributed by atoms with E-state index in [1.54, 1.807) is 14.0 Å². The highest BCUT2D eigenvalue weighted by Crippen LogP contribution is 2.18. The molecule has 1 heterocycles. The van der Waals surface area contributed by atoms with Crippen molar-refractivity contribution in [1.29, 1.82) is 0 Å². The van der Waals surface area contributed by atoms with Crippen LogP contribution in [-0.2, 0) is 18.2 Å². The molecule has 0 atom stereocenters. The lowest BCUT2D eigenvalue weighted by Gasteiger charge is -2.05. The quantitative estimate of drug-likeness (QED) is 0.670. The molecule has 0 bridgehead atoms. The van der Waals surface area contributed by atoms with Crippen molar-refractivity contribution in [2.75, 3.05) is 12.3 Å². The van der Waals surface area contributed by atoms with Crippen LogP contribution in [0.3, 0.4) is 0 Å². The molecular formula is C15H15F2N3O3. The van der Waals surface area contributed by atoms with Crippen LogP contribution in [0.25, 0.3) is 0 Å². The van der Waals surface area contributed by atoms with Crippen molar-refractivity contribution in [3.8, 4) is 0 Å². The number of Topliss-reactive ketones (excluding diaryl/α,β-unsaturated/α-hetero) is 1. The largest absolute Gasteiger partial charge is 0.454 e. The van der Waals surface area contributed by atoms with E-state index in [4.69, 9.17) is 10.5 Å². The minimum absolute atomic E-state index is 0.0909. The van der Waals surface area contributed by atoms with Gasteiger partial charge in [0.15, 0.2) is 6.61 Å². The third-order valence-electron chi connectivity index (χ3n) is 3.22. The number of rotatable bonds is 5. The number of benzene rings is 1. The van der Waals surface area contributed by atoms with Gasteiger partial charge in [-0.05, 0) is 18.6 Å². The predicted octanol–water partition coefficient (Wildman–Crippen LogP) is 1.88. The molecule has 0 radical (unpaired) electrons. The third-order valence-corrected chi connectivity index (χ3v) is 3.22. The van der Waals surface area contributed by atoms with Crippen LogP contribution in [0.1, 0.15) is 33.3 Å². The van der Waals surface area contributed by atoms with E-state index in [-0.39, 0.29) is 16.9 Å². The molecule has 0 saturated carbocycles. The molecule has 0 spiro atoms. The second-order valence-electron chi connectivity index (χ2n) is 4.84. The van der Waals surface area contributed by atoms with Gasteiger partial charge in [0, 0.05) is 18.7 Å². The number of nitrogens with zero attached hydrogens (tertiary/aromatic N) is 2. The van der Waals surface area contributed by atoms with Gasteiger partial charge in [-0.1, -0.05) is 6.92 Å². The average molecular weight is 323 g/mol. The smallest absolute Gasteiger partial charge is 0.344 e. The van der Waals surface area contributed by atoms with E-state index in [1.807, 2.05) is 0 Å². The standard InChI is InChI=1S/C15H15F2N3O3/c1-3-11-13(14(18)20(2)19-11)15(22)23-7-12(21)8-4-9(16)6-10(17)5-8/h4-6H,3,7,18H2,1-2H3. The maximum absolute atomic E-state index is 13.1. The van der Waals surface area contributed by atoms with Crippen LogP contribution in [-0.4, -0.2) is 28.1 Å². The molecule has 0 saturated heterocycles. The van der Waals surface area contributed by atoms with Crippen LogP contribution < -0.4 is 5.73 Å². The number of nitrogen functional groups attached to an aromatic ring is 1. The normalized spacial score (nSPS) is 10.6. The Kier molecular flexibility index (Phi) is 4.73. The van der Waals surface area contributed by atoms with Gasteiger partial charge >= 0.3 is 5.97 Å². The van der Waals surface area contributed by atoms with Crippen LogP contribution in [0, 0.1) is 11.6 Å². The van der Waals surface area contributed by atoms with Crippen molar-refractivity contribution in [2.45, 2.75) is 13.3 Å². The number of esters is 1. The van der Waals surface area contributed by atoms with Crippen molar-refractivity contribution >= 4 is 17.6 Å². The Morgan fingerprint density at radius 3 is 2.43 bits per heavy atom. The van der Waals surface area contributed by atoms with Crippen molar-refractivity contribution in [3.63, 3.8) is 0 Å². The highest BCUT2D eigenvalue weighted by atomic mass is 19.1. The van der Waals surface area contributed by atoms with Gasteiger partial charge in [0.1, 0.15) is 23.0 Å². The predicted molar refractivity (Wildman–Crippen MR) is 78.0 cm³/mol. The Hall–Kier alpha value is -2.77. The lowest BCUT2D eigenvalue weighted by Crippen LogP contribution is -2.16. The zero-order valence-electron chi connectivity index (χ0n) is 12.6. The molecule has 0 fully saturated rings. The first-order valence-electron chi connectivity index (χ1n) is 6.81. The fourth-order valence-electron chi connectivity index (χ4n) is 2.07. The summed E-state index contributed by atoms with van der Waals surface area (Å²) in [5.74, 6) is -3.18. The summed E-state index contributed by atoms with van der Waals surface area (Å²) in [6, 6.07) is 2.39. The second-order valence-corrected chi connectivity index (χ2v) is 4.84. The first kappa shape index (κ1) is 16.6. The molecule has 6 nitrogen and oxygen atoms in total. The van der Waals surface area contributed by atoms with Gasteiger partial charge < -0.3 is 10.5 Å². The van der Waals surface area contributed by atoms with Gasteiger partial charge in [0.25, 0.3) is 0 Å². The van der Waals surface area contributed by atoms with E-state index in [2.05, 4.69) is 5.10 Å². The molecule has 2 N–H and O–H groups in total. The maximum atomic E-state index is 13.1. The fourth-order valence-corrected chi connectivity index (χ4v) is 2.07. The number of halogens is 2. The van der Waals surface area contributed by atoms with Crippen LogP contribution in [0.2, 0.25) is 0 Å². The molecule has 0 aliphatic heterocycles. The van der Waals surface area contributed by atoms with Crippen LogP contribution in [0.5, 0.6) is 0 Å². The van der Waals surface area contributed by atoms with Gasteiger partial charge in [-0.25, -0.2) is 13.6 Å². The lowest BCUT2D eigenvalue weighted by atomic mass is 10.1. The molecule has 0 unspecified atom stereocenters. The number of hydrogen-bond donors (Lipinski definition) is 1. The molecule has 23 heavy (non-hydrogen) atoms. The minimum atomic E-state index is -0.885. The van der Waals surface area contributed by atoms with Gasteiger partial charge in [-0.3, -0.25) is 9.48 Å². The van der Waals surface area contributed by atoms with Crippen molar-refractivity contribution < 1.29 is 23.1 Å². The molecule has 1 aromatic carbocycles. The monoisotopic (exact) mass is 323 g/mol. The summed E-state index contributed by atoms with van der Waals surface area (Å²) in [5.41, 5.74) is 6.07. The number of aryl methyl sites for hydroxylation is 2. The number of ether oxygens (including phenoxy) is 1. The first-order chi connectivity index (χ1) is 10.8. The molecule has 0 aliphatic rings. The van der Waals surface area contributed by atoms with E-state index < -0.39 is 30.0 Å². The van der Waals surface area contributed by atoms with E-state index in [0.29, 0.717) is 18.2 Å². The zero-order valence-corrected chi connectivity index (χ0v) is 12.6. The molecule has 0 aliphatic carbocycles. The number of hydrogen-bond acceptors (Lipinski definition) is 5. The topological polar surface area (TPSA) is 87.2 Å². The summed E-state index contributed by atoms with van der Waals surface area (Å²) in [7, 11) is 1.58. The van der Waals surface area contributed by atoms with Crippen LogP contribution in [0.4, 0.5) is 14.6 Å². The first-order valence-corrected chi connectivity index (χ1v) is 6.81. The lowest BCUT2D eigenvalue weighted by molar-refractivity contribution is 0.0474. The van der Waals surface area contributed by atoms with Crippen molar-refractivity contribution in [1.82, 2.24) is 9.78 Å². The Bertz CT molecular complexity index is 751. The Morgan fingerprint density at radius 2 is 1.87 bits per heavy atom. The van der Waals surface area contributed by atoms with Crippen LogP contribution >= 0.6 is 0 Å². The Balaban J connectivity index is 2.11. The summed E-state index contributed by atoms with van der Waals surface area (Å²) < 4.78 is 32.4. The molecule has 1 aromatic heterocycles. The molecule has 8 heteroatoms. The van der Waals surface area contributed by atoms with E-state index >= 15 is 0 Å². The minimum Gasteiger partial charge on any atom is -0.454 e. The number of carbonyl (C=O) groups is 2. The summed E-state index contributed by atoms with van der Waals surface area (Å²) in [6.45, 7) is 1.14. The number of aromatic nitrogens is 2. The zero-order chi connectivity index (χ0) is 17.1. The number of nitrogens with two attached hydrogens (primary N) is 1. The molecule has 2 rings (SSSR count). The summed E-state index contributed by atoms with van der Waals surface area (Å²) >= 11 is 0. The van der Waals surface area contributed by atoms with Gasteiger partial charge in [-0.2, -0.15) is 5.10 Å². The fraction of sp³-hybridized carbons (Fsp3) is 0.267. The van der Waals surface area contributed by atoms with E-state index in [0.717, 1.165) is 12.1 Å². The second kappa shape index (κ2) is 6.55. The number of carbonyl (C=O) groups excluding carboxylic acids is 2. The van der Waals surface area contributed by atoms with Crippen molar-refractivity contribution in [3.05, 3.63) is 46.7 Å². The van der Waals surface area contributed by atoms with E-state index in [1.165, 1.54) is 4.68 Å². The van der Waals surface area contributed by atoms with Gasteiger partial charge in [0.05, 0.1) is 5.69 Å². The third kappa shape index (κ3) is 3.53. The molecule has 122 valence electrons.